The minimum atomic E-state index is -2.80. The Labute approximate surface area is 122 Å². The monoisotopic (exact) mass is 295 g/mol. The number of aryl methyl sites for hydroxylation is 1. The summed E-state index contributed by atoms with van der Waals surface area (Å²) < 4.78 is 30.8. The molecule has 0 fully saturated rings. The maximum Gasteiger partial charge on any atom is 0.387 e. The third-order valence-electron chi connectivity index (χ3n) is 3.28. The van der Waals surface area contributed by atoms with Gasteiger partial charge < -0.3 is 10.1 Å². The first-order valence-electron chi connectivity index (χ1n) is 6.89. The first kappa shape index (κ1) is 15.4. The molecule has 1 aromatic heterocycles. The van der Waals surface area contributed by atoms with Gasteiger partial charge in [0.15, 0.2) is 0 Å². The standard InChI is InChI=1S/C15H19F2N3O/c1-3-20-13(7-8-19-20)10-18-11(2)12-5-4-6-14(9-12)21-15(16)17/h4-9,11,15,18H,3,10H2,1-2H3. The van der Waals surface area contributed by atoms with Crippen LogP contribution in [0.15, 0.2) is 36.5 Å². The highest BCUT2D eigenvalue weighted by Gasteiger charge is 2.10. The van der Waals surface area contributed by atoms with E-state index < -0.39 is 6.61 Å². The number of benzene rings is 1. The fraction of sp³-hybridized carbons (Fsp3) is 0.400. The lowest BCUT2D eigenvalue weighted by Gasteiger charge is -2.16. The van der Waals surface area contributed by atoms with Crippen molar-refractivity contribution >= 4 is 0 Å². The molecule has 6 heteroatoms. The molecule has 114 valence electrons. The van der Waals surface area contributed by atoms with E-state index in [1.807, 2.05) is 30.7 Å². The van der Waals surface area contributed by atoms with Gasteiger partial charge in [-0.3, -0.25) is 4.68 Å². The van der Waals surface area contributed by atoms with Crippen LogP contribution in [0.4, 0.5) is 8.78 Å². The van der Waals surface area contributed by atoms with Gasteiger partial charge in [0.25, 0.3) is 0 Å². The van der Waals surface area contributed by atoms with Gasteiger partial charge >= 0.3 is 6.61 Å². The van der Waals surface area contributed by atoms with Crippen LogP contribution in [0.25, 0.3) is 0 Å². The van der Waals surface area contributed by atoms with Gasteiger partial charge in [-0.25, -0.2) is 0 Å². The highest BCUT2D eigenvalue weighted by molar-refractivity contribution is 5.30. The third kappa shape index (κ3) is 4.26. The predicted molar refractivity (Wildman–Crippen MR) is 76.2 cm³/mol. The quantitative estimate of drug-likeness (QED) is 0.851. The van der Waals surface area contributed by atoms with E-state index in [9.17, 15) is 8.78 Å². The minimum absolute atomic E-state index is 0.0198. The number of nitrogens with zero attached hydrogens (tertiary/aromatic N) is 2. The molecule has 4 nitrogen and oxygen atoms in total. The molecule has 0 amide bonds. The van der Waals surface area contributed by atoms with E-state index in [4.69, 9.17) is 0 Å². The van der Waals surface area contributed by atoms with E-state index in [2.05, 4.69) is 15.2 Å². The van der Waals surface area contributed by atoms with E-state index in [1.165, 1.54) is 6.07 Å². The van der Waals surface area contributed by atoms with Crippen LogP contribution in [0, 0.1) is 0 Å². The summed E-state index contributed by atoms with van der Waals surface area (Å²) in [6.07, 6.45) is 1.77. The van der Waals surface area contributed by atoms with Crippen LogP contribution in [0.1, 0.15) is 31.1 Å². The molecule has 0 saturated carbocycles. The van der Waals surface area contributed by atoms with Gasteiger partial charge in [0, 0.05) is 25.3 Å². The van der Waals surface area contributed by atoms with Crippen molar-refractivity contribution in [3.8, 4) is 5.75 Å². The van der Waals surface area contributed by atoms with E-state index >= 15 is 0 Å². The number of ether oxygens (including phenoxy) is 1. The zero-order chi connectivity index (χ0) is 15.2. The Morgan fingerprint density at radius 1 is 1.33 bits per heavy atom. The third-order valence-corrected chi connectivity index (χ3v) is 3.28. The van der Waals surface area contributed by atoms with Crippen molar-refractivity contribution in [1.82, 2.24) is 15.1 Å². The van der Waals surface area contributed by atoms with Gasteiger partial charge in [-0.1, -0.05) is 12.1 Å². The number of aromatic nitrogens is 2. The second-order valence-electron chi connectivity index (χ2n) is 4.69. The molecule has 0 aliphatic rings. The lowest BCUT2D eigenvalue weighted by Crippen LogP contribution is -2.20. The molecule has 2 aromatic rings. The van der Waals surface area contributed by atoms with E-state index in [1.54, 1.807) is 18.3 Å². The second kappa shape index (κ2) is 7.17. The summed E-state index contributed by atoms with van der Waals surface area (Å²) in [5.74, 6) is 0.176. The van der Waals surface area contributed by atoms with E-state index in [-0.39, 0.29) is 11.8 Å². The summed E-state index contributed by atoms with van der Waals surface area (Å²) in [4.78, 5) is 0. The summed E-state index contributed by atoms with van der Waals surface area (Å²) >= 11 is 0. The van der Waals surface area contributed by atoms with Crippen molar-refractivity contribution in [3.63, 3.8) is 0 Å². The first-order valence-corrected chi connectivity index (χ1v) is 6.89. The van der Waals surface area contributed by atoms with Gasteiger partial charge in [0.05, 0.1) is 5.69 Å². The van der Waals surface area contributed by atoms with Crippen LogP contribution in [-0.4, -0.2) is 16.4 Å². The Balaban J connectivity index is 1.98. The molecule has 2 rings (SSSR count). The Morgan fingerprint density at radius 2 is 2.14 bits per heavy atom. The number of nitrogens with one attached hydrogen (secondary N) is 1. The predicted octanol–water partition coefficient (Wildman–Crippen LogP) is 3.36. The summed E-state index contributed by atoms with van der Waals surface area (Å²) in [6, 6.07) is 8.72. The Morgan fingerprint density at radius 3 is 2.86 bits per heavy atom. The van der Waals surface area contributed by atoms with Crippen molar-refractivity contribution < 1.29 is 13.5 Å². The molecule has 1 atom stereocenters. The van der Waals surface area contributed by atoms with Crippen LogP contribution >= 0.6 is 0 Å². The Bertz CT molecular complexity index is 572. The van der Waals surface area contributed by atoms with Crippen LogP contribution in [0.5, 0.6) is 5.75 Å². The second-order valence-corrected chi connectivity index (χ2v) is 4.69. The van der Waals surface area contributed by atoms with E-state index in [0.717, 1.165) is 17.8 Å². The van der Waals surface area contributed by atoms with E-state index in [0.29, 0.717) is 6.54 Å². The van der Waals surface area contributed by atoms with Crippen molar-refractivity contribution in [2.75, 3.05) is 0 Å². The number of halogens is 2. The minimum Gasteiger partial charge on any atom is -0.435 e. The molecule has 1 aromatic carbocycles. The first-order chi connectivity index (χ1) is 10.1. The maximum atomic E-state index is 12.2. The lowest BCUT2D eigenvalue weighted by molar-refractivity contribution is -0.0499. The number of alkyl halides is 2. The number of rotatable bonds is 7. The summed E-state index contributed by atoms with van der Waals surface area (Å²) in [5.41, 5.74) is 1.99. The van der Waals surface area contributed by atoms with Crippen molar-refractivity contribution in [3.05, 3.63) is 47.8 Å². The highest BCUT2D eigenvalue weighted by atomic mass is 19.3. The van der Waals surface area contributed by atoms with Crippen LogP contribution in [0.3, 0.4) is 0 Å². The molecule has 0 radical (unpaired) electrons. The molecule has 1 unspecified atom stereocenters. The largest absolute Gasteiger partial charge is 0.435 e. The summed E-state index contributed by atoms with van der Waals surface area (Å²) in [6.45, 7) is 2.69. The van der Waals surface area contributed by atoms with Crippen molar-refractivity contribution in [2.24, 2.45) is 0 Å². The molecule has 1 heterocycles. The fourth-order valence-electron chi connectivity index (χ4n) is 2.13. The van der Waals surface area contributed by atoms with Crippen molar-refractivity contribution in [2.45, 2.75) is 39.6 Å². The molecule has 21 heavy (non-hydrogen) atoms. The number of hydrogen-bond acceptors (Lipinski definition) is 3. The average molecular weight is 295 g/mol. The molecule has 0 spiro atoms. The molecule has 0 saturated heterocycles. The molecule has 0 bridgehead atoms. The molecular formula is C15H19F2N3O. The molecular weight excluding hydrogens is 276 g/mol. The fourth-order valence-corrected chi connectivity index (χ4v) is 2.13. The summed E-state index contributed by atoms with van der Waals surface area (Å²) in [5, 5.41) is 7.56. The highest BCUT2D eigenvalue weighted by Crippen LogP contribution is 2.21. The zero-order valence-electron chi connectivity index (χ0n) is 12.1. The smallest absolute Gasteiger partial charge is 0.387 e. The average Bonchev–Trinajstić information content (AvgIpc) is 2.91. The lowest BCUT2D eigenvalue weighted by atomic mass is 10.1. The Hall–Kier alpha value is -1.95. The van der Waals surface area contributed by atoms with Gasteiger partial charge in [0.2, 0.25) is 0 Å². The normalized spacial score (nSPS) is 12.6. The van der Waals surface area contributed by atoms with Gasteiger partial charge in [0.1, 0.15) is 5.75 Å². The Kier molecular flexibility index (Phi) is 5.27. The summed E-state index contributed by atoms with van der Waals surface area (Å²) in [7, 11) is 0. The topological polar surface area (TPSA) is 39.1 Å². The van der Waals surface area contributed by atoms with Crippen LogP contribution < -0.4 is 10.1 Å². The maximum absolute atomic E-state index is 12.2. The molecule has 0 aliphatic carbocycles. The molecule has 0 aliphatic heterocycles. The SMILES string of the molecule is CCn1nccc1CNC(C)c1cccc(OC(F)F)c1. The zero-order valence-corrected chi connectivity index (χ0v) is 12.1. The van der Waals surface area contributed by atoms with Gasteiger partial charge in [-0.05, 0) is 37.6 Å². The molecule has 1 N–H and O–H groups in total. The van der Waals surface area contributed by atoms with Crippen LogP contribution in [-0.2, 0) is 13.1 Å². The van der Waals surface area contributed by atoms with Crippen molar-refractivity contribution in [1.29, 1.82) is 0 Å². The number of hydrogen-bond donors (Lipinski definition) is 1. The van der Waals surface area contributed by atoms with Crippen LogP contribution in [0.2, 0.25) is 0 Å². The van der Waals surface area contributed by atoms with Gasteiger partial charge in [-0.15, -0.1) is 0 Å². The van der Waals surface area contributed by atoms with Gasteiger partial charge in [-0.2, -0.15) is 13.9 Å².